The van der Waals surface area contributed by atoms with Crippen LogP contribution < -0.4 is 10.9 Å². The number of amides is 1. The Morgan fingerprint density at radius 2 is 1.85 bits per heavy atom. The number of anilines is 1. The third-order valence-electron chi connectivity index (χ3n) is 7.39. The Kier molecular flexibility index (Phi) is 7.08. The zero-order valence-corrected chi connectivity index (χ0v) is 23.8. The molecule has 2 aromatic carbocycles. The van der Waals surface area contributed by atoms with Crippen molar-refractivity contribution in [1.82, 2.24) is 9.55 Å². The summed E-state index contributed by atoms with van der Waals surface area (Å²) in [5.41, 5.74) is 6.03. The Morgan fingerprint density at radius 3 is 2.62 bits per heavy atom. The zero-order chi connectivity index (χ0) is 27.8. The second-order valence-corrected chi connectivity index (χ2v) is 11.8. The van der Waals surface area contributed by atoms with Crippen LogP contribution in [-0.4, -0.2) is 28.5 Å². The van der Waals surface area contributed by atoms with Gasteiger partial charge in [0.1, 0.15) is 15.4 Å². The van der Waals surface area contributed by atoms with E-state index < -0.39 is 11.9 Å². The molecule has 3 heterocycles. The molecule has 0 unspecified atom stereocenters. The number of aryl methyl sites for hydroxylation is 3. The molecule has 1 aliphatic rings. The number of aromatic nitrogens is 2. The number of hydrogen-bond acceptors (Lipinski definition) is 7. The number of nitrogens with one attached hydrogen (secondary N) is 1. The number of rotatable bonds is 6. The number of methoxy groups -OCH3 is 1. The van der Waals surface area contributed by atoms with Crippen LogP contribution in [0.3, 0.4) is 0 Å². The van der Waals surface area contributed by atoms with E-state index in [9.17, 15) is 14.4 Å². The molecule has 0 saturated carbocycles. The highest BCUT2D eigenvalue weighted by molar-refractivity contribution is 7.21. The molecule has 0 bridgehead atoms. The molecule has 0 radical (unpaired) electrons. The molecule has 0 fully saturated rings. The molecular formula is C31H27N3O4S2. The topological polar surface area (TPSA) is 90.3 Å². The van der Waals surface area contributed by atoms with Crippen molar-refractivity contribution in [3.8, 4) is 11.1 Å². The monoisotopic (exact) mass is 569 g/mol. The van der Waals surface area contributed by atoms with Crippen LogP contribution in [0.5, 0.6) is 0 Å². The second-order valence-electron chi connectivity index (χ2n) is 9.89. The summed E-state index contributed by atoms with van der Waals surface area (Å²) >= 11 is 2.46. The number of thiophene rings is 2. The van der Waals surface area contributed by atoms with Crippen LogP contribution >= 0.6 is 22.7 Å². The first-order chi connectivity index (χ1) is 19.4. The van der Waals surface area contributed by atoms with E-state index in [-0.39, 0.29) is 5.56 Å². The van der Waals surface area contributed by atoms with Crippen molar-refractivity contribution in [2.75, 3.05) is 12.4 Å². The van der Waals surface area contributed by atoms with Crippen molar-refractivity contribution in [1.29, 1.82) is 0 Å². The molecule has 1 amide bonds. The molecule has 7 nitrogen and oxygen atoms in total. The first-order valence-electron chi connectivity index (χ1n) is 13.1. The Morgan fingerprint density at radius 1 is 1.07 bits per heavy atom. The number of fused-ring (bicyclic) bond motifs is 2. The predicted molar refractivity (Wildman–Crippen MR) is 160 cm³/mol. The minimum absolute atomic E-state index is 0.192. The van der Waals surface area contributed by atoms with Crippen molar-refractivity contribution >= 4 is 49.8 Å². The lowest BCUT2D eigenvalue weighted by Crippen LogP contribution is -2.21. The van der Waals surface area contributed by atoms with Crippen LogP contribution in [0.15, 0.2) is 65.0 Å². The fourth-order valence-electron chi connectivity index (χ4n) is 5.30. The van der Waals surface area contributed by atoms with Gasteiger partial charge in [0.15, 0.2) is 0 Å². The van der Waals surface area contributed by atoms with E-state index in [1.54, 1.807) is 11.5 Å². The molecule has 0 aliphatic heterocycles. The first-order valence-corrected chi connectivity index (χ1v) is 14.8. The number of hydrogen-bond donors (Lipinski definition) is 1. The Bertz CT molecular complexity index is 1820. The second kappa shape index (κ2) is 10.8. The van der Waals surface area contributed by atoms with E-state index in [4.69, 9.17) is 4.74 Å². The molecule has 40 heavy (non-hydrogen) atoms. The maximum Gasteiger partial charge on any atom is 0.341 e. The maximum absolute atomic E-state index is 13.5. The van der Waals surface area contributed by atoms with E-state index in [2.05, 4.69) is 22.4 Å². The molecule has 202 valence electrons. The van der Waals surface area contributed by atoms with E-state index in [0.29, 0.717) is 37.8 Å². The third-order valence-corrected chi connectivity index (χ3v) is 9.48. The lowest BCUT2D eigenvalue weighted by molar-refractivity contribution is 0.0603. The van der Waals surface area contributed by atoms with Crippen LogP contribution in [0.4, 0.5) is 5.00 Å². The minimum Gasteiger partial charge on any atom is -0.465 e. The highest BCUT2D eigenvalue weighted by Gasteiger charge is 2.26. The van der Waals surface area contributed by atoms with Gasteiger partial charge in [0.25, 0.3) is 11.5 Å². The summed E-state index contributed by atoms with van der Waals surface area (Å²) in [6.45, 7) is 2.15. The van der Waals surface area contributed by atoms with Crippen molar-refractivity contribution in [2.45, 2.75) is 39.2 Å². The van der Waals surface area contributed by atoms with Gasteiger partial charge in [-0.2, -0.15) is 0 Å². The summed E-state index contributed by atoms with van der Waals surface area (Å²) < 4.78 is 6.67. The molecule has 1 N–H and O–H groups in total. The van der Waals surface area contributed by atoms with Crippen molar-refractivity contribution in [3.63, 3.8) is 0 Å². The molecule has 0 saturated heterocycles. The van der Waals surface area contributed by atoms with Gasteiger partial charge in [-0.25, -0.2) is 9.78 Å². The third kappa shape index (κ3) is 4.76. The summed E-state index contributed by atoms with van der Waals surface area (Å²) in [6.07, 6.45) is 5.98. The van der Waals surface area contributed by atoms with E-state index in [0.717, 1.165) is 36.0 Å². The quantitative estimate of drug-likeness (QED) is 0.237. The number of ether oxygens (including phenoxy) is 1. The number of esters is 1. The van der Waals surface area contributed by atoms with Crippen LogP contribution in [0.1, 0.15) is 55.1 Å². The SMILES string of the molecule is COC(=O)c1c(-c2ccc3c(c2)CCCC3)csc1NC(=O)c1sc2ncn(Cc3ccccc3)c(=O)c2c1C. The van der Waals surface area contributed by atoms with E-state index in [1.165, 1.54) is 53.7 Å². The lowest BCUT2D eigenvalue weighted by atomic mass is 9.89. The van der Waals surface area contributed by atoms with Crippen molar-refractivity contribution in [2.24, 2.45) is 0 Å². The molecule has 5 aromatic rings. The van der Waals surface area contributed by atoms with E-state index in [1.807, 2.05) is 41.8 Å². The molecule has 3 aromatic heterocycles. The van der Waals surface area contributed by atoms with Gasteiger partial charge < -0.3 is 10.1 Å². The minimum atomic E-state index is -0.511. The molecule has 0 spiro atoms. The van der Waals surface area contributed by atoms with Gasteiger partial charge in [-0.1, -0.05) is 48.5 Å². The Labute approximate surface area is 239 Å². The van der Waals surface area contributed by atoms with Gasteiger partial charge in [-0.05, 0) is 60.4 Å². The Balaban J connectivity index is 1.33. The number of benzene rings is 2. The molecular weight excluding hydrogens is 542 g/mol. The predicted octanol–water partition coefficient (Wildman–Crippen LogP) is 6.46. The van der Waals surface area contributed by atoms with Gasteiger partial charge >= 0.3 is 5.97 Å². The number of nitrogens with zero attached hydrogens (tertiary/aromatic N) is 2. The fraction of sp³-hybridized carbons (Fsp3) is 0.226. The standard InChI is InChI=1S/C31H27N3O4S2/c1-18-24-28(32-17-34(30(24)36)15-19-8-4-3-5-9-19)40-26(18)27(35)33-29-25(31(37)38-2)23(16-39-29)22-13-12-20-10-6-7-11-21(20)14-22/h3-5,8-9,12-14,16-17H,6-7,10-11,15H2,1-2H3,(H,33,35). The molecule has 1 aliphatic carbocycles. The first kappa shape index (κ1) is 26.2. The summed E-state index contributed by atoms with van der Waals surface area (Å²) in [7, 11) is 1.34. The van der Waals surface area contributed by atoms with Gasteiger partial charge in [0.05, 0.1) is 30.2 Å². The van der Waals surface area contributed by atoms with Crippen LogP contribution in [0.25, 0.3) is 21.3 Å². The van der Waals surface area contributed by atoms with Gasteiger partial charge in [0.2, 0.25) is 0 Å². The summed E-state index contributed by atoms with van der Waals surface area (Å²) in [5, 5.41) is 5.65. The van der Waals surface area contributed by atoms with Gasteiger partial charge in [-0.15, -0.1) is 22.7 Å². The zero-order valence-electron chi connectivity index (χ0n) is 22.2. The summed E-state index contributed by atoms with van der Waals surface area (Å²) in [6, 6.07) is 16.0. The van der Waals surface area contributed by atoms with Crippen LogP contribution in [-0.2, 0) is 24.1 Å². The van der Waals surface area contributed by atoms with Crippen molar-refractivity contribution in [3.05, 3.63) is 103 Å². The van der Waals surface area contributed by atoms with Crippen molar-refractivity contribution < 1.29 is 14.3 Å². The number of carbonyl (C=O) groups excluding carboxylic acids is 2. The highest BCUT2D eigenvalue weighted by atomic mass is 32.1. The number of carbonyl (C=O) groups is 2. The maximum atomic E-state index is 13.5. The molecule has 6 rings (SSSR count). The van der Waals surface area contributed by atoms with Gasteiger partial charge in [-0.3, -0.25) is 14.2 Å². The highest BCUT2D eigenvalue weighted by Crippen LogP contribution is 2.38. The van der Waals surface area contributed by atoms with E-state index >= 15 is 0 Å². The molecule has 9 heteroatoms. The van der Waals surface area contributed by atoms with Crippen LogP contribution in [0, 0.1) is 6.92 Å². The Hall–Kier alpha value is -4.08. The largest absolute Gasteiger partial charge is 0.465 e. The van der Waals surface area contributed by atoms with Gasteiger partial charge in [0, 0.05) is 10.9 Å². The summed E-state index contributed by atoms with van der Waals surface area (Å²) in [4.78, 5) is 45.1. The summed E-state index contributed by atoms with van der Waals surface area (Å²) in [5.74, 6) is -0.902. The molecule has 0 atom stereocenters. The normalized spacial score (nSPS) is 12.8. The smallest absolute Gasteiger partial charge is 0.341 e. The van der Waals surface area contributed by atoms with Crippen LogP contribution in [0.2, 0.25) is 0 Å². The fourth-order valence-corrected chi connectivity index (χ4v) is 7.28. The average Bonchev–Trinajstić information content (AvgIpc) is 3.55. The lowest BCUT2D eigenvalue weighted by Gasteiger charge is -2.16. The average molecular weight is 570 g/mol.